The summed E-state index contributed by atoms with van der Waals surface area (Å²) in [6.07, 6.45) is 0. The molecule has 0 bridgehead atoms. The van der Waals surface area contributed by atoms with Crippen molar-refractivity contribution in [3.63, 3.8) is 0 Å². The van der Waals surface area contributed by atoms with Crippen LogP contribution in [0.15, 0.2) is 46.9 Å². The fourth-order valence-electron chi connectivity index (χ4n) is 1.54. The normalized spacial score (nSPS) is 10.1. The summed E-state index contributed by atoms with van der Waals surface area (Å²) >= 11 is 3.34. The molecule has 0 atom stereocenters. The van der Waals surface area contributed by atoms with Crippen molar-refractivity contribution in [1.82, 2.24) is 0 Å². The molecule has 4 nitrogen and oxygen atoms in total. The fourth-order valence-corrected chi connectivity index (χ4v) is 1.80. The third-order valence-electron chi connectivity index (χ3n) is 2.41. The number of benzene rings is 2. The van der Waals surface area contributed by atoms with Crippen molar-refractivity contribution in [3.05, 3.63) is 62.6 Å². The Morgan fingerprint density at radius 2 is 1.72 bits per heavy atom. The van der Waals surface area contributed by atoms with Gasteiger partial charge in [-0.25, -0.2) is 0 Å². The predicted octanol–water partition coefficient (Wildman–Crippen LogP) is 4.46. The number of nitro groups is 1. The molecule has 18 heavy (non-hydrogen) atoms. The van der Waals surface area contributed by atoms with Gasteiger partial charge in [0.15, 0.2) is 0 Å². The number of ether oxygens (including phenoxy) is 1. The number of aryl methyl sites for hydroxylation is 1. The van der Waals surface area contributed by atoms with E-state index in [0.29, 0.717) is 17.1 Å². The highest BCUT2D eigenvalue weighted by molar-refractivity contribution is 9.10. The Kier molecular flexibility index (Phi) is 3.62. The maximum atomic E-state index is 10.7. The van der Waals surface area contributed by atoms with Crippen molar-refractivity contribution in [2.45, 2.75) is 6.92 Å². The molecule has 0 saturated carbocycles. The molecule has 0 radical (unpaired) electrons. The van der Waals surface area contributed by atoms with Crippen LogP contribution in [0.1, 0.15) is 5.56 Å². The van der Waals surface area contributed by atoms with Crippen molar-refractivity contribution in [1.29, 1.82) is 0 Å². The van der Waals surface area contributed by atoms with Gasteiger partial charge < -0.3 is 4.74 Å². The minimum Gasteiger partial charge on any atom is -0.457 e. The first-order valence-corrected chi connectivity index (χ1v) is 6.04. The fraction of sp³-hybridized carbons (Fsp3) is 0.0769. The Balaban J connectivity index is 2.22. The minimum absolute atomic E-state index is 0.0955. The van der Waals surface area contributed by atoms with Crippen LogP contribution in [0.3, 0.4) is 0 Å². The van der Waals surface area contributed by atoms with Crippen LogP contribution in [0.4, 0.5) is 5.69 Å². The van der Waals surface area contributed by atoms with E-state index >= 15 is 0 Å². The summed E-state index contributed by atoms with van der Waals surface area (Å²) < 4.78 is 6.57. The van der Waals surface area contributed by atoms with Gasteiger partial charge in [-0.15, -0.1) is 0 Å². The molecule has 0 saturated heterocycles. The number of hydrogen-bond donors (Lipinski definition) is 0. The van der Waals surface area contributed by atoms with E-state index in [0.717, 1.165) is 4.47 Å². The molecule has 0 aromatic heterocycles. The van der Waals surface area contributed by atoms with Crippen molar-refractivity contribution in [2.75, 3.05) is 0 Å². The van der Waals surface area contributed by atoms with Gasteiger partial charge in [0, 0.05) is 16.1 Å². The molecule has 0 aliphatic rings. The molecule has 2 rings (SSSR count). The van der Waals surface area contributed by atoms with Crippen LogP contribution < -0.4 is 4.74 Å². The zero-order valence-corrected chi connectivity index (χ0v) is 11.2. The lowest BCUT2D eigenvalue weighted by Gasteiger charge is -2.06. The molecule has 0 aliphatic carbocycles. The van der Waals surface area contributed by atoms with Crippen LogP contribution in [0.5, 0.6) is 11.5 Å². The largest absolute Gasteiger partial charge is 0.457 e. The van der Waals surface area contributed by atoms with Gasteiger partial charge in [-0.3, -0.25) is 10.1 Å². The Hall–Kier alpha value is -1.88. The van der Waals surface area contributed by atoms with Gasteiger partial charge in [-0.05, 0) is 43.3 Å². The molecule has 0 aliphatic heterocycles. The smallest absolute Gasteiger partial charge is 0.272 e. The van der Waals surface area contributed by atoms with E-state index in [4.69, 9.17) is 4.74 Å². The number of nitro benzene ring substituents is 1. The van der Waals surface area contributed by atoms with E-state index in [1.54, 1.807) is 19.1 Å². The summed E-state index contributed by atoms with van der Waals surface area (Å²) in [5.74, 6) is 1.27. The van der Waals surface area contributed by atoms with Gasteiger partial charge in [-0.1, -0.05) is 15.9 Å². The van der Waals surface area contributed by atoms with Crippen molar-refractivity contribution >= 4 is 21.6 Å². The molecule has 5 heteroatoms. The van der Waals surface area contributed by atoms with E-state index in [2.05, 4.69) is 15.9 Å². The molecule has 0 unspecified atom stereocenters. The maximum Gasteiger partial charge on any atom is 0.272 e. The van der Waals surface area contributed by atoms with Gasteiger partial charge in [0.25, 0.3) is 5.69 Å². The SMILES string of the molecule is Cc1cc(Oc2ccc(Br)cc2)ccc1[N+](=O)[O-]. The van der Waals surface area contributed by atoms with Gasteiger partial charge in [0.2, 0.25) is 0 Å². The van der Waals surface area contributed by atoms with Crippen LogP contribution >= 0.6 is 15.9 Å². The molecule has 2 aromatic rings. The van der Waals surface area contributed by atoms with Gasteiger partial charge in [0.05, 0.1) is 4.92 Å². The average molecular weight is 308 g/mol. The first kappa shape index (κ1) is 12.6. The highest BCUT2D eigenvalue weighted by Crippen LogP contribution is 2.27. The summed E-state index contributed by atoms with van der Waals surface area (Å²) in [5, 5.41) is 10.7. The summed E-state index contributed by atoms with van der Waals surface area (Å²) in [5.41, 5.74) is 0.674. The molecule has 0 fully saturated rings. The lowest BCUT2D eigenvalue weighted by molar-refractivity contribution is -0.385. The van der Waals surface area contributed by atoms with Crippen LogP contribution in [0, 0.1) is 17.0 Å². The third-order valence-corrected chi connectivity index (χ3v) is 2.94. The standard InChI is InChI=1S/C13H10BrNO3/c1-9-8-12(6-7-13(9)15(16)17)18-11-4-2-10(14)3-5-11/h2-8H,1H3. The number of rotatable bonds is 3. The van der Waals surface area contributed by atoms with E-state index < -0.39 is 4.92 Å². The highest BCUT2D eigenvalue weighted by atomic mass is 79.9. The van der Waals surface area contributed by atoms with E-state index in [1.165, 1.54) is 6.07 Å². The number of nitrogens with zero attached hydrogens (tertiary/aromatic N) is 1. The van der Waals surface area contributed by atoms with Crippen LogP contribution in [0.2, 0.25) is 0 Å². The molecule has 2 aromatic carbocycles. The van der Waals surface area contributed by atoms with Crippen LogP contribution in [-0.2, 0) is 0 Å². The summed E-state index contributed by atoms with van der Waals surface area (Å²) in [6.45, 7) is 1.69. The Labute approximate surface area is 112 Å². The molecule has 0 N–H and O–H groups in total. The quantitative estimate of drug-likeness (QED) is 0.621. The highest BCUT2D eigenvalue weighted by Gasteiger charge is 2.10. The predicted molar refractivity (Wildman–Crippen MR) is 72.0 cm³/mol. The molecular formula is C13H10BrNO3. The van der Waals surface area contributed by atoms with Crippen molar-refractivity contribution in [3.8, 4) is 11.5 Å². The monoisotopic (exact) mass is 307 g/mol. The molecule has 0 amide bonds. The van der Waals surface area contributed by atoms with Crippen LogP contribution in [-0.4, -0.2) is 4.92 Å². The third kappa shape index (κ3) is 2.87. The van der Waals surface area contributed by atoms with E-state index in [1.807, 2.05) is 24.3 Å². The molecule has 92 valence electrons. The molecule has 0 heterocycles. The average Bonchev–Trinajstić information content (AvgIpc) is 2.32. The topological polar surface area (TPSA) is 52.4 Å². The van der Waals surface area contributed by atoms with E-state index in [-0.39, 0.29) is 5.69 Å². The van der Waals surface area contributed by atoms with Gasteiger partial charge >= 0.3 is 0 Å². The second-order valence-electron chi connectivity index (χ2n) is 3.76. The van der Waals surface area contributed by atoms with Crippen molar-refractivity contribution in [2.24, 2.45) is 0 Å². The van der Waals surface area contributed by atoms with E-state index in [9.17, 15) is 10.1 Å². The summed E-state index contributed by atoms with van der Waals surface area (Å²) in [7, 11) is 0. The lowest BCUT2D eigenvalue weighted by atomic mass is 10.2. The van der Waals surface area contributed by atoms with Crippen LogP contribution in [0.25, 0.3) is 0 Å². The first-order chi connectivity index (χ1) is 8.56. The zero-order chi connectivity index (χ0) is 13.1. The number of hydrogen-bond acceptors (Lipinski definition) is 3. The second kappa shape index (κ2) is 5.18. The second-order valence-corrected chi connectivity index (χ2v) is 4.68. The summed E-state index contributed by atoms with van der Waals surface area (Å²) in [4.78, 5) is 10.3. The first-order valence-electron chi connectivity index (χ1n) is 5.25. The Bertz CT molecular complexity index is 581. The molecule has 0 spiro atoms. The van der Waals surface area contributed by atoms with Gasteiger partial charge in [-0.2, -0.15) is 0 Å². The van der Waals surface area contributed by atoms with Gasteiger partial charge in [0.1, 0.15) is 11.5 Å². The Morgan fingerprint density at radius 3 is 2.28 bits per heavy atom. The molecular weight excluding hydrogens is 298 g/mol. The summed E-state index contributed by atoms with van der Waals surface area (Å²) in [6, 6.07) is 12.1. The zero-order valence-electron chi connectivity index (χ0n) is 9.59. The Morgan fingerprint density at radius 1 is 1.11 bits per heavy atom. The minimum atomic E-state index is -0.404. The maximum absolute atomic E-state index is 10.7. The lowest BCUT2D eigenvalue weighted by Crippen LogP contribution is -1.92. The van der Waals surface area contributed by atoms with Crippen molar-refractivity contribution < 1.29 is 9.66 Å². The number of halogens is 1.